The molecule has 0 aliphatic rings. The van der Waals surface area contributed by atoms with Gasteiger partial charge in [-0.25, -0.2) is 0 Å². The van der Waals surface area contributed by atoms with Crippen LogP contribution < -0.4 is 0 Å². The molecule has 6 heteroatoms. The van der Waals surface area contributed by atoms with Crippen LogP contribution in [0.5, 0.6) is 0 Å². The molecule has 0 bridgehead atoms. The first kappa shape index (κ1) is 77.3. The number of ether oxygens (including phenoxy) is 3. The molecule has 0 aromatic heterocycles. The van der Waals surface area contributed by atoms with Gasteiger partial charge in [0, 0.05) is 19.3 Å². The molecule has 1 unspecified atom stereocenters. The normalized spacial score (nSPS) is 13.1. The summed E-state index contributed by atoms with van der Waals surface area (Å²) in [4.78, 5) is 38.3. The zero-order chi connectivity index (χ0) is 59.2. The molecule has 0 radical (unpaired) electrons. The topological polar surface area (TPSA) is 78.9 Å². The summed E-state index contributed by atoms with van der Waals surface area (Å²) in [5.41, 5.74) is 0. The Morgan fingerprint density at radius 2 is 0.476 bits per heavy atom. The van der Waals surface area contributed by atoms with E-state index in [2.05, 4.69) is 167 Å². The lowest BCUT2D eigenvalue weighted by Gasteiger charge is -2.18. The summed E-state index contributed by atoms with van der Waals surface area (Å²) in [6.45, 7) is 6.48. The number of rotatable bonds is 60. The summed E-state index contributed by atoms with van der Waals surface area (Å²) < 4.78 is 16.9. The van der Waals surface area contributed by atoms with Crippen LogP contribution in [0.15, 0.2) is 146 Å². The lowest BCUT2D eigenvalue weighted by atomic mass is 10.1. The van der Waals surface area contributed by atoms with Crippen LogP contribution in [0.2, 0.25) is 0 Å². The second-order valence-corrected chi connectivity index (χ2v) is 22.0. The smallest absolute Gasteiger partial charge is 0.306 e. The van der Waals surface area contributed by atoms with Gasteiger partial charge in [0.2, 0.25) is 0 Å². The molecular formula is C76H124O6. The van der Waals surface area contributed by atoms with Gasteiger partial charge in [-0.1, -0.05) is 295 Å². The minimum absolute atomic E-state index is 0.0909. The Morgan fingerprint density at radius 3 is 0.756 bits per heavy atom. The highest BCUT2D eigenvalue weighted by molar-refractivity contribution is 5.71. The molecule has 0 saturated carbocycles. The molecule has 0 aliphatic heterocycles. The van der Waals surface area contributed by atoms with Crippen molar-refractivity contribution in [2.45, 2.75) is 303 Å². The van der Waals surface area contributed by atoms with Gasteiger partial charge in [0.05, 0.1) is 0 Å². The van der Waals surface area contributed by atoms with E-state index in [1.54, 1.807) is 0 Å². The second kappa shape index (κ2) is 68.8. The van der Waals surface area contributed by atoms with Crippen LogP contribution in [-0.4, -0.2) is 37.2 Å². The summed E-state index contributed by atoms with van der Waals surface area (Å²) in [7, 11) is 0. The van der Waals surface area contributed by atoms with Gasteiger partial charge < -0.3 is 14.2 Å². The van der Waals surface area contributed by atoms with Crippen LogP contribution in [0.4, 0.5) is 0 Å². The summed E-state index contributed by atoms with van der Waals surface area (Å²) >= 11 is 0. The number of unbranched alkanes of at least 4 members (excludes halogenated alkanes) is 25. The van der Waals surface area contributed by atoms with Gasteiger partial charge >= 0.3 is 17.9 Å². The van der Waals surface area contributed by atoms with Crippen molar-refractivity contribution in [3.63, 3.8) is 0 Å². The molecule has 0 heterocycles. The average molecular weight is 1130 g/mol. The SMILES string of the molecule is CC/C=C\C/C=C\C/C=C\C/C=C\C/C=C\C/C=C\C/C=C\C/C=C\C/C=C\C/C=C\CCCCCCC(=O)OCC(COC(=O)CCCCCCCCCCCCC)OC(=O)CCCCCCCCC/C=C\C/C=C\CCCCCC. The average Bonchev–Trinajstić information content (AvgIpc) is 3.47. The van der Waals surface area contributed by atoms with Gasteiger partial charge in [0.25, 0.3) is 0 Å². The van der Waals surface area contributed by atoms with E-state index >= 15 is 0 Å². The van der Waals surface area contributed by atoms with Crippen LogP contribution in [0, 0.1) is 0 Å². The third kappa shape index (κ3) is 66.1. The number of hydrogen-bond donors (Lipinski definition) is 0. The molecule has 0 saturated heterocycles. The second-order valence-electron chi connectivity index (χ2n) is 22.0. The fourth-order valence-corrected chi connectivity index (χ4v) is 9.03. The van der Waals surface area contributed by atoms with Crippen LogP contribution in [0.25, 0.3) is 0 Å². The molecule has 464 valence electrons. The van der Waals surface area contributed by atoms with Crippen LogP contribution in [0.3, 0.4) is 0 Å². The van der Waals surface area contributed by atoms with E-state index in [9.17, 15) is 14.4 Å². The van der Waals surface area contributed by atoms with Crippen LogP contribution >= 0.6 is 0 Å². The predicted molar refractivity (Wildman–Crippen MR) is 357 cm³/mol. The fourth-order valence-electron chi connectivity index (χ4n) is 9.03. The Kier molecular flexibility index (Phi) is 64.8. The highest BCUT2D eigenvalue weighted by atomic mass is 16.6. The Morgan fingerprint density at radius 1 is 0.256 bits per heavy atom. The van der Waals surface area contributed by atoms with Crippen molar-refractivity contribution < 1.29 is 28.6 Å². The number of carbonyl (C=O) groups excluding carboxylic acids is 3. The molecule has 0 amide bonds. The van der Waals surface area contributed by atoms with Crippen molar-refractivity contribution in [2.75, 3.05) is 13.2 Å². The summed E-state index contributed by atoms with van der Waals surface area (Å²) in [5, 5.41) is 0. The molecule has 0 aliphatic carbocycles. The Hall–Kier alpha value is -4.71. The van der Waals surface area contributed by atoms with Crippen molar-refractivity contribution in [3.05, 3.63) is 146 Å². The first-order chi connectivity index (χ1) is 40.5. The quantitative estimate of drug-likeness (QED) is 0.0261. The monoisotopic (exact) mass is 1130 g/mol. The zero-order valence-corrected chi connectivity index (χ0v) is 53.2. The van der Waals surface area contributed by atoms with Crippen molar-refractivity contribution >= 4 is 17.9 Å². The van der Waals surface area contributed by atoms with Crippen molar-refractivity contribution in [1.82, 2.24) is 0 Å². The Bertz CT molecular complexity index is 1780. The number of esters is 3. The minimum atomic E-state index is -0.797. The molecule has 0 rings (SSSR count). The zero-order valence-electron chi connectivity index (χ0n) is 53.2. The molecular weight excluding hydrogens is 1010 g/mol. The fraction of sp³-hybridized carbons (Fsp3) is 0.645. The van der Waals surface area contributed by atoms with E-state index in [-0.39, 0.29) is 31.1 Å². The van der Waals surface area contributed by atoms with E-state index in [1.165, 1.54) is 109 Å². The summed E-state index contributed by atoms with van der Waals surface area (Å²) in [5.74, 6) is -0.923. The van der Waals surface area contributed by atoms with Crippen molar-refractivity contribution in [1.29, 1.82) is 0 Å². The third-order valence-electron chi connectivity index (χ3n) is 14.1. The van der Waals surface area contributed by atoms with Gasteiger partial charge in [-0.2, -0.15) is 0 Å². The molecule has 6 nitrogen and oxygen atoms in total. The number of hydrogen-bond acceptors (Lipinski definition) is 6. The first-order valence-electron chi connectivity index (χ1n) is 33.8. The molecule has 0 aromatic rings. The lowest BCUT2D eigenvalue weighted by Crippen LogP contribution is -2.30. The van der Waals surface area contributed by atoms with Crippen molar-refractivity contribution in [3.8, 4) is 0 Å². The number of allylic oxidation sites excluding steroid dienone is 24. The van der Waals surface area contributed by atoms with Gasteiger partial charge in [-0.05, 0) is 128 Å². The molecule has 1 atom stereocenters. The lowest BCUT2D eigenvalue weighted by molar-refractivity contribution is -0.167. The third-order valence-corrected chi connectivity index (χ3v) is 14.1. The van der Waals surface area contributed by atoms with E-state index in [1.807, 2.05) is 0 Å². The predicted octanol–water partition coefficient (Wildman–Crippen LogP) is 23.5. The largest absolute Gasteiger partial charge is 0.462 e. The Labute approximate surface area is 506 Å². The van der Waals surface area contributed by atoms with Gasteiger partial charge in [0.15, 0.2) is 6.10 Å². The maximum Gasteiger partial charge on any atom is 0.306 e. The maximum atomic E-state index is 12.9. The molecule has 0 spiro atoms. The van der Waals surface area contributed by atoms with E-state index in [4.69, 9.17) is 14.2 Å². The minimum Gasteiger partial charge on any atom is -0.462 e. The number of carbonyl (C=O) groups is 3. The summed E-state index contributed by atoms with van der Waals surface area (Å²) in [6.07, 6.45) is 98.6. The van der Waals surface area contributed by atoms with Gasteiger partial charge in [-0.3, -0.25) is 14.4 Å². The maximum absolute atomic E-state index is 12.9. The van der Waals surface area contributed by atoms with Gasteiger partial charge in [-0.15, -0.1) is 0 Å². The highest BCUT2D eigenvalue weighted by Crippen LogP contribution is 2.15. The standard InChI is InChI=1S/C76H124O6/c1-4-7-10-13-16-19-22-24-26-28-30-31-32-33-34-35-36-37-38-39-40-41-42-43-44-45-46-48-49-51-54-57-60-63-66-69-75(78)81-72-73(71-80-74(77)68-65-62-59-56-53-21-18-15-12-9-6-3)82-76(79)70-67-64-61-58-55-52-50-47-29-27-25-23-20-17-14-11-8-5-2/h7,10,16,19-20,23-24,26-27,29-31,33-34,36-37,39-40,42-43,45-46,49,51,73H,4-6,8-9,11-15,17-18,21-22,25,28,32,35,38,41,44,47-48,50,52-72H2,1-3H3/b10-7-,19-16-,23-20-,26-24-,29-27-,31-30-,34-33-,37-36-,40-39-,43-42-,46-45-,51-49-. The molecule has 0 fully saturated rings. The highest BCUT2D eigenvalue weighted by Gasteiger charge is 2.19. The first-order valence-corrected chi connectivity index (χ1v) is 33.8. The van der Waals surface area contributed by atoms with Gasteiger partial charge in [0.1, 0.15) is 13.2 Å². The molecule has 0 N–H and O–H groups in total. The van der Waals surface area contributed by atoms with E-state index < -0.39 is 6.10 Å². The Balaban J connectivity index is 4.31. The summed E-state index contributed by atoms with van der Waals surface area (Å²) in [6, 6.07) is 0. The van der Waals surface area contributed by atoms with Crippen molar-refractivity contribution in [2.24, 2.45) is 0 Å². The van der Waals surface area contributed by atoms with Crippen LogP contribution in [0.1, 0.15) is 297 Å². The van der Waals surface area contributed by atoms with E-state index in [0.29, 0.717) is 19.3 Å². The molecule has 82 heavy (non-hydrogen) atoms. The molecule has 0 aromatic carbocycles. The van der Waals surface area contributed by atoms with Crippen LogP contribution in [-0.2, 0) is 28.6 Å². The van der Waals surface area contributed by atoms with E-state index in [0.717, 1.165) is 148 Å².